The molecule has 0 radical (unpaired) electrons. The zero-order chi connectivity index (χ0) is 12.8. The van der Waals surface area contributed by atoms with Gasteiger partial charge in [-0.05, 0) is 24.5 Å². The molecule has 0 bridgehead atoms. The van der Waals surface area contributed by atoms with Crippen LogP contribution in [0.4, 0.5) is 4.39 Å². The molecular weight excluding hydrogens is 229 g/mol. The lowest BCUT2D eigenvalue weighted by atomic mass is 10.1. The summed E-state index contributed by atoms with van der Waals surface area (Å²) >= 11 is 0. The van der Waals surface area contributed by atoms with Crippen molar-refractivity contribution in [3.63, 3.8) is 0 Å². The van der Waals surface area contributed by atoms with Crippen LogP contribution in [-0.2, 0) is 11.2 Å². The number of carbonyl (C=O) groups excluding carboxylic acids is 1. The molecule has 2 nitrogen and oxygen atoms in total. The second-order valence-corrected chi connectivity index (χ2v) is 5.02. The molecule has 0 saturated heterocycles. The number of halogens is 1. The highest BCUT2D eigenvalue weighted by Crippen LogP contribution is 2.17. The van der Waals surface area contributed by atoms with Crippen molar-refractivity contribution in [2.24, 2.45) is 0 Å². The summed E-state index contributed by atoms with van der Waals surface area (Å²) in [6, 6.07) is 6.75. The quantitative estimate of drug-likeness (QED) is 0.819. The molecule has 1 aromatic carbocycles. The highest BCUT2D eigenvalue weighted by molar-refractivity contribution is 5.78. The molecule has 1 saturated carbocycles. The summed E-state index contributed by atoms with van der Waals surface area (Å²) in [5, 5.41) is 3.03. The van der Waals surface area contributed by atoms with Crippen molar-refractivity contribution >= 4 is 5.91 Å². The summed E-state index contributed by atoms with van der Waals surface area (Å²) in [6.07, 6.45) is 7.16. The van der Waals surface area contributed by atoms with Crippen LogP contribution in [0.3, 0.4) is 0 Å². The second kappa shape index (κ2) is 6.53. The van der Waals surface area contributed by atoms with Crippen LogP contribution in [0.1, 0.15) is 44.1 Å². The van der Waals surface area contributed by atoms with Gasteiger partial charge in [0.2, 0.25) is 5.91 Å². The van der Waals surface area contributed by atoms with E-state index in [1.807, 2.05) is 0 Å². The summed E-state index contributed by atoms with van der Waals surface area (Å²) in [5.74, 6) is -0.361. The Morgan fingerprint density at radius 2 is 1.83 bits per heavy atom. The van der Waals surface area contributed by atoms with Crippen LogP contribution in [-0.4, -0.2) is 11.9 Å². The van der Waals surface area contributed by atoms with Gasteiger partial charge in [-0.1, -0.05) is 43.9 Å². The molecule has 1 aliphatic rings. The first kappa shape index (κ1) is 13.1. The average Bonchev–Trinajstić information content (AvgIpc) is 2.61. The van der Waals surface area contributed by atoms with Gasteiger partial charge in [0, 0.05) is 6.04 Å². The van der Waals surface area contributed by atoms with Crippen molar-refractivity contribution in [2.75, 3.05) is 0 Å². The van der Waals surface area contributed by atoms with Gasteiger partial charge in [0.05, 0.1) is 6.42 Å². The highest BCUT2D eigenvalue weighted by atomic mass is 19.1. The van der Waals surface area contributed by atoms with E-state index in [0.29, 0.717) is 5.56 Å². The van der Waals surface area contributed by atoms with Crippen LogP contribution in [0, 0.1) is 5.82 Å². The normalized spacial score (nSPS) is 17.2. The fourth-order valence-electron chi connectivity index (χ4n) is 2.52. The topological polar surface area (TPSA) is 29.1 Å². The average molecular weight is 249 g/mol. The van der Waals surface area contributed by atoms with E-state index in [2.05, 4.69) is 5.32 Å². The number of nitrogens with one attached hydrogen (secondary N) is 1. The molecule has 3 heteroatoms. The number of carbonyl (C=O) groups is 1. The van der Waals surface area contributed by atoms with Gasteiger partial charge in [-0.15, -0.1) is 0 Å². The summed E-state index contributed by atoms with van der Waals surface area (Å²) in [4.78, 5) is 11.9. The first-order valence-electron chi connectivity index (χ1n) is 6.78. The summed E-state index contributed by atoms with van der Waals surface area (Å²) < 4.78 is 13.4. The summed E-state index contributed by atoms with van der Waals surface area (Å²) in [7, 11) is 0. The van der Waals surface area contributed by atoms with Crippen LogP contribution >= 0.6 is 0 Å². The van der Waals surface area contributed by atoms with Crippen LogP contribution in [0.5, 0.6) is 0 Å². The minimum Gasteiger partial charge on any atom is -0.353 e. The largest absolute Gasteiger partial charge is 0.353 e. The molecule has 1 fully saturated rings. The number of amides is 1. The minimum atomic E-state index is -0.298. The van der Waals surface area contributed by atoms with Gasteiger partial charge in [-0.25, -0.2) is 4.39 Å². The third kappa shape index (κ3) is 3.83. The van der Waals surface area contributed by atoms with Crippen molar-refractivity contribution in [3.05, 3.63) is 35.6 Å². The zero-order valence-electron chi connectivity index (χ0n) is 10.6. The van der Waals surface area contributed by atoms with Gasteiger partial charge in [0.15, 0.2) is 0 Å². The Labute approximate surface area is 108 Å². The summed E-state index contributed by atoms with van der Waals surface area (Å²) in [6.45, 7) is 0. The van der Waals surface area contributed by atoms with Crippen molar-refractivity contribution in [1.29, 1.82) is 0 Å². The number of hydrogen-bond donors (Lipinski definition) is 1. The van der Waals surface area contributed by atoms with Gasteiger partial charge < -0.3 is 5.32 Å². The fourth-order valence-corrected chi connectivity index (χ4v) is 2.52. The Balaban J connectivity index is 1.86. The molecule has 2 rings (SSSR count). The van der Waals surface area contributed by atoms with Crippen molar-refractivity contribution in [3.8, 4) is 0 Å². The Hall–Kier alpha value is -1.38. The monoisotopic (exact) mass is 249 g/mol. The molecule has 98 valence electrons. The van der Waals surface area contributed by atoms with Gasteiger partial charge >= 0.3 is 0 Å². The summed E-state index contributed by atoms with van der Waals surface area (Å²) in [5.41, 5.74) is 0.476. The van der Waals surface area contributed by atoms with Gasteiger partial charge in [0.1, 0.15) is 5.82 Å². The first-order chi connectivity index (χ1) is 8.75. The van der Waals surface area contributed by atoms with E-state index < -0.39 is 0 Å². The molecule has 0 heterocycles. The lowest BCUT2D eigenvalue weighted by Crippen LogP contribution is -2.35. The predicted octanol–water partition coefficient (Wildman–Crippen LogP) is 3.21. The lowest BCUT2D eigenvalue weighted by molar-refractivity contribution is -0.121. The standard InChI is InChI=1S/C15H20FNO/c16-14-10-6-5-7-12(14)11-15(18)17-13-8-3-1-2-4-9-13/h5-7,10,13H,1-4,8-9,11H2,(H,17,18). The molecule has 0 aliphatic heterocycles. The van der Waals surface area contributed by atoms with Crippen LogP contribution < -0.4 is 5.32 Å². The molecular formula is C15H20FNO. The number of rotatable bonds is 3. The zero-order valence-corrected chi connectivity index (χ0v) is 10.6. The lowest BCUT2D eigenvalue weighted by Gasteiger charge is -2.16. The molecule has 0 unspecified atom stereocenters. The van der Waals surface area contributed by atoms with Gasteiger partial charge in [0.25, 0.3) is 0 Å². The maximum atomic E-state index is 13.4. The second-order valence-electron chi connectivity index (χ2n) is 5.02. The van der Waals surface area contributed by atoms with E-state index in [1.165, 1.54) is 31.7 Å². The van der Waals surface area contributed by atoms with Crippen molar-refractivity contribution < 1.29 is 9.18 Å². The SMILES string of the molecule is O=C(Cc1ccccc1F)NC1CCCCCC1. The molecule has 1 amide bonds. The maximum absolute atomic E-state index is 13.4. The van der Waals surface area contributed by atoms with Crippen molar-refractivity contribution in [2.45, 2.75) is 51.0 Å². The highest BCUT2D eigenvalue weighted by Gasteiger charge is 2.15. The smallest absolute Gasteiger partial charge is 0.224 e. The molecule has 0 atom stereocenters. The third-order valence-corrected chi connectivity index (χ3v) is 3.53. The van der Waals surface area contributed by atoms with Crippen LogP contribution in [0.15, 0.2) is 24.3 Å². The molecule has 1 N–H and O–H groups in total. The third-order valence-electron chi connectivity index (χ3n) is 3.53. The molecule has 18 heavy (non-hydrogen) atoms. The molecule has 0 aromatic heterocycles. The Morgan fingerprint density at radius 3 is 2.50 bits per heavy atom. The van der Waals surface area contributed by atoms with E-state index in [-0.39, 0.29) is 24.2 Å². The Morgan fingerprint density at radius 1 is 1.17 bits per heavy atom. The fraction of sp³-hybridized carbons (Fsp3) is 0.533. The van der Waals surface area contributed by atoms with Gasteiger partial charge in [-0.2, -0.15) is 0 Å². The van der Waals surface area contributed by atoms with Crippen molar-refractivity contribution in [1.82, 2.24) is 5.32 Å². The van der Waals surface area contributed by atoms with E-state index in [4.69, 9.17) is 0 Å². The Bertz CT molecular complexity index is 397. The first-order valence-corrected chi connectivity index (χ1v) is 6.78. The van der Waals surface area contributed by atoms with E-state index in [0.717, 1.165) is 12.8 Å². The maximum Gasteiger partial charge on any atom is 0.224 e. The molecule has 0 spiro atoms. The number of hydrogen-bond acceptors (Lipinski definition) is 1. The predicted molar refractivity (Wildman–Crippen MR) is 69.7 cm³/mol. The van der Waals surface area contributed by atoms with Crippen LogP contribution in [0.25, 0.3) is 0 Å². The van der Waals surface area contributed by atoms with Crippen LogP contribution in [0.2, 0.25) is 0 Å². The molecule has 1 aliphatic carbocycles. The number of benzene rings is 1. The minimum absolute atomic E-state index is 0.0630. The van der Waals surface area contributed by atoms with Gasteiger partial charge in [-0.3, -0.25) is 4.79 Å². The van der Waals surface area contributed by atoms with E-state index in [9.17, 15) is 9.18 Å². The molecule has 1 aromatic rings. The Kier molecular flexibility index (Phi) is 4.73. The van der Waals surface area contributed by atoms with E-state index in [1.54, 1.807) is 18.2 Å². The van der Waals surface area contributed by atoms with E-state index >= 15 is 0 Å².